The number of carbonyl (C=O) groups excluding carboxylic acids is 4. The molecule has 0 saturated carbocycles. The van der Waals surface area contributed by atoms with E-state index in [4.69, 9.17) is 9.88 Å². The summed E-state index contributed by atoms with van der Waals surface area (Å²) in [5.41, 5.74) is 2.76. The highest BCUT2D eigenvalue weighted by molar-refractivity contribution is 8.00. The Balaban J connectivity index is 1.12. The summed E-state index contributed by atoms with van der Waals surface area (Å²) >= 11 is 1.19. The van der Waals surface area contributed by atoms with Crippen molar-refractivity contribution in [1.29, 1.82) is 0 Å². The molecule has 52 heavy (non-hydrogen) atoms. The van der Waals surface area contributed by atoms with Crippen molar-refractivity contribution in [2.24, 2.45) is 5.14 Å². The van der Waals surface area contributed by atoms with Gasteiger partial charge in [-0.25, -0.2) is 18.5 Å². The fourth-order valence-electron chi connectivity index (χ4n) is 5.24. The molecular weight excluding hydrogens is 701 g/mol. The highest BCUT2D eigenvalue weighted by atomic mass is 32.2. The molecule has 13 heteroatoms. The van der Waals surface area contributed by atoms with Crippen LogP contribution in [0.3, 0.4) is 0 Å². The van der Waals surface area contributed by atoms with Crippen LogP contribution < -0.4 is 25.4 Å². The van der Waals surface area contributed by atoms with Gasteiger partial charge >= 0.3 is 0 Å². The van der Waals surface area contributed by atoms with Crippen molar-refractivity contribution in [3.05, 3.63) is 156 Å². The molecule has 5 aromatic rings. The predicted molar refractivity (Wildman–Crippen MR) is 199 cm³/mol. The number of thioether (sulfide) groups is 1. The van der Waals surface area contributed by atoms with Crippen LogP contribution in [0.1, 0.15) is 27.9 Å². The van der Waals surface area contributed by atoms with Gasteiger partial charge in [0.25, 0.3) is 11.8 Å². The predicted octanol–water partition coefficient (Wildman–Crippen LogP) is 5.75. The second-order valence-electron chi connectivity index (χ2n) is 11.6. The van der Waals surface area contributed by atoms with E-state index in [0.29, 0.717) is 34.1 Å². The van der Waals surface area contributed by atoms with Crippen molar-refractivity contribution < 1.29 is 32.3 Å². The molecule has 1 atom stereocenters. The summed E-state index contributed by atoms with van der Waals surface area (Å²) in [5, 5.41) is 9.98. The van der Waals surface area contributed by atoms with E-state index in [1.165, 1.54) is 36.0 Å². The minimum Gasteiger partial charge on any atom is -0.489 e. The fourth-order valence-corrected chi connectivity index (χ4v) is 6.81. The van der Waals surface area contributed by atoms with Crippen molar-refractivity contribution in [3.8, 4) is 5.75 Å². The summed E-state index contributed by atoms with van der Waals surface area (Å²) in [7, 11) is -3.92. The molecule has 0 radical (unpaired) electrons. The molecule has 0 bridgehead atoms. The fraction of sp³-hybridized carbons (Fsp3) is 0.0769. The molecule has 11 nitrogen and oxygen atoms in total. The average Bonchev–Trinajstić information content (AvgIpc) is 3.43. The van der Waals surface area contributed by atoms with Gasteiger partial charge in [-0.2, -0.15) is 0 Å². The molecule has 262 valence electrons. The second-order valence-corrected chi connectivity index (χ2v) is 14.5. The number of hydrogen-bond acceptors (Lipinski definition) is 8. The Morgan fingerprint density at radius 2 is 1.46 bits per heavy atom. The molecular formula is C39H32N4O7S2. The Morgan fingerprint density at radius 3 is 2.10 bits per heavy atom. The van der Waals surface area contributed by atoms with Crippen LogP contribution in [0.15, 0.2) is 149 Å². The minimum absolute atomic E-state index is 0.0116. The Kier molecular flexibility index (Phi) is 10.9. The van der Waals surface area contributed by atoms with E-state index in [9.17, 15) is 27.6 Å². The van der Waals surface area contributed by atoms with E-state index in [1.54, 1.807) is 84.9 Å². The number of primary sulfonamides is 1. The summed E-state index contributed by atoms with van der Waals surface area (Å²) < 4.78 is 29.0. The van der Waals surface area contributed by atoms with Crippen molar-refractivity contribution in [2.45, 2.75) is 28.1 Å². The topological polar surface area (TPSA) is 165 Å². The Hall–Kier alpha value is -6.02. The SMILES string of the molecule is NS(=O)(=O)c1ccc(N2C(=O)CC(Sc3ccc(NC(=O)/C(=C/c4ccc(OCc5ccccc5)cc4)NC(=O)c4ccccc4)cc3)C2=O)cc1. The van der Waals surface area contributed by atoms with Gasteiger partial charge in [0.2, 0.25) is 21.8 Å². The lowest BCUT2D eigenvalue weighted by Crippen LogP contribution is -2.31. The normalized spacial score (nSPS) is 14.6. The number of nitrogens with one attached hydrogen (secondary N) is 2. The minimum atomic E-state index is -3.92. The zero-order chi connectivity index (χ0) is 36.7. The van der Waals surface area contributed by atoms with Crippen LogP contribution >= 0.6 is 11.8 Å². The van der Waals surface area contributed by atoms with Crippen LogP contribution in [0.2, 0.25) is 0 Å². The molecule has 4 amide bonds. The summed E-state index contributed by atoms with van der Waals surface area (Å²) in [6.45, 7) is 0.404. The molecule has 1 saturated heterocycles. The van der Waals surface area contributed by atoms with Gasteiger partial charge in [0.1, 0.15) is 18.1 Å². The molecule has 0 aliphatic carbocycles. The van der Waals surface area contributed by atoms with Crippen molar-refractivity contribution in [3.63, 3.8) is 0 Å². The standard InChI is InChI=1S/C39H32N4O7S2/c40-52(48,49)33-21-15-30(16-22-33)43-36(44)24-35(39(43)47)51-32-19-13-29(14-20-32)41-38(46)34(42-37(45)28-9-5-2-6-10-28)23-26-11-17-31(18-12-26)50-25-27-7-3-1-4-8-27/h1-23,35H,24-25H2,(H,41,46)(H,42,45)(H2,40,48,49)/b34-23-. The maximum Gasteiger partial charge on any atom is 0.272 e. The number of imide groups is 1. The van der Waals surface area contributed by atoms with E-state index in [2.05, 4.69) is 10.6 Å². The first-order valence-electron chi connectivity index (χ1n) is 16.0. The van der Waals surface area contributed by atoms with Crippen LogP contribution in [-0.2, 0) is 31.0 Å². The summed E-state index contributed by atoms with van der Waals surface area (Å²) in [4.78, 5) is 54.1. The third-order valence-electron chi connectivity index (χ3n) is 7.89. The third-order valence-corrected chi connectivity index (χ3v) is 10.0. The monoisotopic (exact) mass is 732 g/mol. The molecule has 1 aliphatic heterocycles. The number of nitrogens with two attached hydrogens (primary N) is 1. The van der Waals surface area contributed by atoms with Gasteiger partial charge in [-0.15, -0.1) is 11.8 Å². The first-order valence-corrected chi connectivity index (χ1v) is 18.4. The second kappa shape index (κ2) is 15.9. The molecule has 1 fully saturated rings. The molecule has 1 heterocycles. The number of ether oxygens (including phenoxy) is 1. The van der Waals surface area contributed by atoms with Gasteiger partial charge in [0.15, 0.2) is 0 Å². The van der Waals surface area contributed by atoms with Crippen LogP contribution in [0.4, 0.5) is 11.4 Å². The average molecular weight is 733 g/mol. The zero-order valence-electron chi connectivity index (χ0n) is 27.5. The highest BCUT2D eigenvalue weighted by Crippen LogP contribution is 2.34. The van der Waals surface area contributed by atoms with E-state index >= 15 is 0 Å². The van der Waals surface area contributed by atoms with E-state index in [1.807, 2.05) is 30.3 Å². The Labute approximate surface area is 304 Å². The first-order chi connectivity index (χ1) is 25.0. The lowest BCUT2D eigenvalue weighted by Gasteiger charge is -2.15. The zero-order valence-corrected chi connectivity index (χ0v) is 29.1. The smallest absolute Gasteiger partial charge is 0.272 e. The van der Waals surface area contributed by atoms with Gasteiger partial charge in [0.05, 0.1) is 15.8 Å². The summed E-state index contributed by atoms with van der Waals surface area (Å²) in [6, 6.07) is 37.4. The Morgan fingerprint density at radius 1 is 0.827 bits per heavy atom. The summed E-state index contributed by atoms with van der Waals surface area (Å²) in [6.07, 6.45) is 1.52. The quantitative estimate of drug-likeness (QED) is 0.108. The largest absolute Gasteiger partial charge is 0.489 e. The maximum absolute atomic E-state index is 13.5. The van der Waals surface area contributed by atoms with Crippen LogP contribution in [0.25, 0.3) is 6.08 Å². The van der Waals surface area contributed by atoms with E-state index in [-0.39, 0.29) is 22.7 Å². The van der Waals surface area contributed by atoms with Gasteiger partial charge in [0, 0.05) is 22.6 Å². The molecule has 6 rings (SSSR count). The number of benzene rings is 5. The van der Waals surface area contributed by atoms with Crippen molar-refractivity contribution in [1.82, 2.24) is 5.32 Å². The number of anilines is 2. The van der Waals surface area contributed by atoms with E-state index in [0.717, 1.165) is 10.5 Å². The van der Waals surface area contributed by atoms with Crippen molar-refractivity contribution >= 4 is 62.9 Å². The third kappa shape index (κ3) is 9.01. The van der Waals surface area contributed by atoms with Crippen LogP contribution in [-0.4, -0.2) is 37.3 Å². The van der Waals surface area contributed by atoms with Crippen LogP contribution in [0.5, 0.6) is 5.75 Å². The summed E-state index contributed by atoms with van der Waals surface area (Å²) in [5.74, 6) is -1.22. The van der Waals surface area contributed by atoms with Gasteiger partial charge in [-0.1, -0.05) is 60.7 Å². The molecule has 5 aromatic carbocycles. The maximum atomic E-state index is 13.5. The number of nitrogens with zero attached hydrogens (tertiary/aromatic N) is 1. The van der Waals surface area contributed by atoms with Crippen LogP contribution in [0, 0.1) is 0 Å². The number of rotatable bonds is 12. The Bertz CT molecular complexity index is 2230. The first kappa shape index (κ1) is 35.8. The number of sulfonamides is 1. The van der Waals surface area contributed by atoms with E-state index < -0.39 is 38.9 Å². The highest BCUT2D eigenvalue weighted by Gasteiger charge is 2.40. The molecule has 1 aliphatic rings. The molecule has 1 unspecified atom stereocenters. The number of carbonyl (C=O) groups is 4. The number of amides is 4. The van der Waals surface area contributed by atoms with Gasteiger partial charge in [-0.05, 0) is 90.0 Å². The number of hydrogen-bond donors (Lipinski definition) is 3. The molecule has 4 N–H and O–H groups in total. The molecule has 0 aromatic heterocycles. The van der Waals surface area contributed by atoms with Gasteiger partial charge < -0.3 is 15.4 Å². The van der Waals surface area contributed by atoms with Crippen molar-refractivity contribution in [2.75, 3.05) is 10.2 Å². The van der Waals surface area contributed by atoms with Gasteiger partial charge in [-0.3, -0.25) is 19.2 Å². The lowest BCUT2D eigenvalue weighted by atomic mass is 10.1. The lowest BCUT2D eigenvalue weighted by molar-refractivity contribution is -0.121. The molecule has 0 spiro atoms.